The van der Waals surface area contributed by atoms with E-state index in [0.717, 1.165) is 25.7 Å². The summed E-state index contributed by atoms with van der Waals surface area (Å²) in [5.74, 6) is 0. The molecule has 0 atom stereocenters. The largest absolute Gasteiger partial charge is 0.329 e. The Morgan fingerprint density at radius 3 is 2.55 bits per heavy atom. The summed E-state index contributed by atoms with van der Waals surface area (Å²) in [6.07, 6.45) is 3.54. The summed E-state index contributed by atoms with van der Waals surface area (Å²) in [6.45, 7) is 2.00. The first kappa shape index (κ1) is 15.0. The fraction of sp³-hybridized carbons (Fsp3) is 0.500. The van der Waals surface area contributed by atoms with Gasteiger partial charge in [-0.1, -0.05) is 12.8 Å². The zero-order valence-electron chi connectivity index (χ0n) is 11.5. The molecule has 0 radical (unpaired) electrons. The Bertz CT molecular complexity index is 641. The van der Waals surface area contributed by atoms with E-state index in [1.54, 1.807) is 13.0 Å². The molecule has 1 aromatic rings. The molecular formula is C14H19N3O2S. The van der Waals surface area contributed by atoms with E-state index in [-0.39, 0.29) is 4.90 Å². The van der Waals surface area contributed by atoms with Crippen LogP contribution in [0.15, 0.2) is 23.1 Å². The Balaban J connectivity index is 2.34. The average Bonchev–Trinajstić information content (AvgIpc) is 2.86. The molecule has 3 N–H and O–H groups in total. The summed E-state index contributed by atoms with van der Waals surface area (Å²) in [7, 11) is -3.61. The lowest BCUT2D eigenvalue weighted by Gasteiger charge is -2.28. The zero-order chi connectivity index (χ0) is 14.8. The Hall–Kier alpha value is -1.42. The quantitative estimate of drug-likeness (QED) is 0.877. The molecule has 0 heterocycles. The molecule has 0 saturated heterocycles. The molecule has 1 aliphatic rings. The Kier molecular flexibility index (Phi) is 4.14. The molecule has 0 amide bonds. The molecule has 0 unspecified atom stereocenters. The molecule has 0 bridgehead atoms. The molecule has 108 valence electrons. The van der Waals surface area contributed by atoms with Gasteiger partial charge in [0.25, 0.3) is 0 Å². The lowest BCUT2D eigenvalue weighted by atomic mass is 10.0. The van der Waals surface area contributed by atoms with Crippen LogP contribution >= 0.6 is 0 Å². The monoisotopic (exact) mass is 293 g/mol. The predicted molar refractivity (Wildman–Crippen MR) is 76.5 cm³/mol. The molecule has 6 heteroatoms. The van der Waals surface area contributed by atoms with Gasteiger partial charge >= 0.3 is 0 Å². The van der Waals surface area contributed by atoms with Gasteiger partial charge in [-0.15, -0.1) is 0 Å². The maximum absolute atomic E-state index is 12.5. The van der Waals surface area contributed by atoms with Crippen molar-refractivity contribution in [3.05, 3.63) is 29.3 Å². The van der Waals surface area contributed by atoms with Gasteiger partial charge in [0.05, 0.1) is 16.5 Å². The molecule has 0 spiro atoms. The third-order valence-electron chi connectivity index (χ3n) is 3.90. The van der Waals surface area contributed by atoms with Crippen LogP contribution in [0.2, 0.25) is 0 Å². The third-order valence-corrected chi connectivity index (χ3v) is 5.63. The lowest BCUT2D eigenvalue weighted by molar-refractivity contribution is 0.399. The summed E-state index contributed by atoms with van der Waals surface area (Å²) < 4.78 is 27.8. The SMILES string of the molecule is Cc1cc(C#N)ccc1S(=O)(=O)NC1(CN)CCCC1. The fourth-order valence-electron chi connectivity index (χ4n) is 2.76. The van der Waals surface area contributed by atoms with Crippen LogP contribution in [-0.4, -0.2) is 20.5 Å². The minimum atomic E-state index is -3.61. The summed E-state index contributed by atoms with van der Waals surface area (Å²) in [4.78, 5) is 0.219. The molecule has 1 fully saturated rings. The summed E-state index contributed by atoms with van der Waals surface area (Å²) >= 11 is 0. The zero-order valence-corrected chi connectivity index (χ0v) is 12.3. The minimum absolute atomic E-state index is 0.219. The number of hydrogen-bond donors (Lipinski definition) is 2. The predicted octanol–water partition coefficient (Wildman–Crippen LogP) is 1.42. The van der Waals surface area contributed by atoms with E-state index in [1.807, 2.05) is 6.07 Å². The van der Waals surface area contributed by atoms with Gasteiger partial charge in [-0.2, -0.15) is 5.26 Å². The first-order valence-electron chi connectivity index (χ1n) is 6.67. The maximum Gasteiger partial charge on any atom is 0.241 e. The van der Waals surface area contributed by atoms with Crippen LogP contribution in [0.1, 0.15) is 36.8 Å². The average molecular weight is 293 g/mol. The highest BCUT2D eigenvalue weighted by Gasteiger charge is 2.37. The van der Waals surface area contributed by atoms with Crippen molar-refractivity contribution in [3.8, 4) is 6.07 Å². The van der Waals surface area contributed by atoms with Crippen molar-refractivity contribution < 1.29 is 8.42 Å². The third kappa shape index (κ3) is 2.85. The van der Waals surface area contributed by atoms with E-state index in [1.165, 1.54) is 12.1 Å². The van der Waals surface area contributed by atoms with Crippen LogP contribution in [0.25, 0.3) is 0 Å². The minimum Gasteiger partial charge on any atom is -0.329 e. The van der Waals surface area contributed by atoms with Crippen LogP contribution in [0.5, 0.6) is 0 Å². The van der Waals surface area contributed by atoms with Crippen LogP contribution < -0.4 is 10.5 Å². The molecule has 1 saturated carbocycles. The number of benzene rings is 1. The topological polar surface area (TPSA) is 96.0 Å². The normalized spacial score (nSPS) is 17.9. The standard InChI is InChI=1S/C14H19N3O2S/c1-11-8-12(9-15)4-5-13(11)20(18,19)17-14(10-16)6-2-3-7-14/h4-5,8,17H,2-3,6-7,10,16H2,1H3. The van der Waals surface area contributed by atoms with Crippen LogP contribution in [0.4, 0.5) is 0 Å². The molecule has 0 aliphatic heterocycles. The maximum atomic E-state index is 12.5. The second kappa shape index (κ2) is 5.52. The van der Waals surface area contributed by atoms with Crippen molar-refractivity contribution in [1.29, 1.82) is 5.26 Å². The van der Waals surface area contributed by atoms with Gasteiger partial charge < -0.3 is 5.73 Å². The molecule has 1 aromatic carbocycles. The van der Waals surface area contributed by atoms with Gasteiger partial charge in [0, 0.05) is 12.1 Å². The molecule has 20 heavy (non-hydrogen) atoms. The Morgan fingerprint density at radius 1 is 1.40 bits per heavy atom. The van der Waals surface area contributed by atoms with Gasteiger partial charge in [0.1, 0.15) is 0 Å². The second-order valence-corrected chi connectivity index (χ2v) is 7.04. The second-order valence-electron chi connectivity index (χ2n) is 5.39. The van der Waals surface area contributed by atoms with Crippen LogP contribution in [-0.2, 0) is 10.0 Å². The van der Waals surface area contributed by atoms with E-state index in [4.69, 9.17) is 11.0 Å². The van der Waals surface area contributed by atoms with E-state index in [0.29, 0.717) is 17.7 Å². The van der Waals surface area contributed by atoms with E-state index < -0.39 is 15.6 Å². The summed E-state index contributed by atoms with van der Waals surface area (Å²) in [6, 6.07) is 6.59. The number of nitrogens with one attached hydrogen (secondary N) is 1. The van der Waals surface area contributed by atoms with Crippen molar-refractivity contribution in [2.24, 2.45) is 5.73 Å². The Morgan fingerprint density at radius 2 is 2.05 bits per heavy atom. The molecule has 2 rings (SSSR count). The summed E-state index contributed by atoms with van der Waals surface area (Å²) in [5.41, 5.74) is 6.28. The number of aryl methyl sites for hydroxylation is 1. The molecule has 1 aliphatic carbocycles. The molecule has 0 aromatic heterocycles. The number of nitriles is 1. The highest BCUT2D eigenvalue weighted by atomic mass is 32.2. The van der Waals surface area contributed by atoms with Gasteiger partial charge in [0.15, 0.2) is 0 Å². The van der Waals surface area contributed by atoms with Gasteiger partial charge in [-0.25, -0.2) is 13.1 Å². The van der Waals surface area contributed by atoms with E-state index >= 15 is 0 Å². The fourth-order valence-corrected chi connectivity index (χ4v) is 4.46. The Labute approximate surface area is 119 Å². The number of rotatable bonds is 4. The van der Waals surface area contributed by atoms with Crippen molar-refractivity contribution in [3.63, 3.8) is 0 Å². The number of nitrogens with zero attached hydrogens (tertiary/aromatic N) is 1. The highest BCUT2D eigenvalue weighted by molar-refractivity contribution is 7.89. The van der Waals surface area contributed by atoms with Crippen molar-refractivity contribution >= 4 is 10.0 Å². The van der Waals surface area contributed by atoms with E-state index in [2.05, 4.69) is 4.72 Å². The number of sulfonamides is 1. The van der Waals surface area contributed by atoms with Crippen molar-refractivity contribution in [2.75, 3.05) is 6.54 Å². The van der Waals surface area contributed by atoms with Crippen molar-refractivity contribution in [2.45, 2.75) is 43.0 Å². The number of hydrogen-bond acceptors (Lipinski definition) is 4. The molecular weight excluding hydrogens is 274 g/mol. The number of nitrogens with two attached hydrogens (primary N) is 1. The lowest BCUT2D eigenvalue weighted by Crippen LogP contribution is -2.51. The smallest absolute Gasteiger partial charge is 0.241 e. The van der Waals surface area contributed by atoms with Gasteiger partial charge in [-0.05, 0) is 43.5 Å². The molecule has 5 nitrogen and oxygen atoms in total. The van der Waals surface area contributed by atoms with Crippen LogP contribution in [0.3, 0.4) is 0 Å². The van der Waals surface area contributed by atoms with Crippen LogP contribution in [0, 0.1) is 18.3 Å². The first-order chi connectivity index (χ1) is 9.42. The summed E-state index contributed by atoms with van der Waals surface area (Å²) in [5, 5.41) is 8.83. The van der Waals surface area contributed by atoms with Gasteiger partial charge in [-0.3, -0.25) is 0 Å². The highest BCUT2D eigenvalue weighted by Crippen LogP contribution is 2.30. The van der Waals surface area contributed by atoms with E-state index in [9.17, 15) is 8.42 Å². The first-order valence-corrected chi connectivity index (χ1v) is 8.16. The van der Waals surface area contributed by atoms with Gasteiger partial charge in [0.2, 0.25) is 10.0 Å². The van der Waals surface area contributed by atoms with Crippen molar-refractivity contribution in [1.82, 2.24) is 4.72 Å².